The monoisotopic (exact) mass is 269 g/mol. The number of halogens is 1. The molecule has 0 aromatic heterocycles. The highest BCUT2D eigenvalue weighted by molar-refractivity contribution is 9.10. The van der Waals surface area contributed by atoms with Crippen molar-refractivity contribution >= 4 is 21.7 Å². The third-order valence-electron chi connectivity index (χ3n) is 2.01. The van der Waals surface area contributed by atoms with Crippen molar-refractivity contribution in [1.82, 2.24) is 0 Å². The third-order valence-corrected chi connectivity index (χ3v) is 2.54. The quantitative estimate of drug-likeness (QED) is 0.651. The smallest absolute Gasteiger partial charge is 0.193 e. The number of carbonyl (C=O) groups is 1. The highest BCUT2D eigenvalue weighted by Gasteiger charge is 2.12. The molecule has 0 radical (unpaired) electrons. The molecule has 3 nitrogen and oxygen atoms in total. The molecule has 4 heteroatoms. The zero-order valence-corrected chi connectivity index (χ0v) is 9.91. The van der Waals surface area contributed by atoms with Gasteiger partial charge in [-0.1, -0.05) is 15.9 Å². The van der Waals surface area contributed by atoms with Gasteiger partial charge in [0.2, 0.25) is 0 Å². The van der Waals surface area contributed by atoms with Gasteiger partial charge in [0.1, 0.15) is 0 Å². The molecule has 1 aromatic rings. The number of ketones is 1. The highest BCUT2D eigenvalue weighted by Crippen LogP contribution is 2.14. The summed E-state index contributed by atoms with van der Waals surface area (Å²) < 4.78 is 0.901. The molecule has 0 atom stereocenters. The maximum atomic E-state index is 11.8. The van der Waals surface area contributed by atoms with E-state index in [0.717, 1.165) is 4.47 Å². The Labute approximate surface area is 96.7 Å². The van der Waals surface area contributed by atoms with Crippen LogP contribution in [0, 0.1) is 0 Å². The lowest BCUT2D eigenvalue weighted by Crippen LogP contribution is -2.12. The highest BCUT2D eigenvalue weighted by atomic mass is 79.9. The molecule has 0 aliphatic rings. The molecule has 0 heterocycles. The van der Waals surface area contributed by atoms with Gasteiger partial charge in [0.25, 0.3) is 0 Å². The number of aliphatic hydroxyl groups is 1. The van der Waals surface area contributed by atoms with Crippen molar-refractivity contribution in [2.75, 3.05) is 6.61 Å². The second kappa shape index (κ2) is 5.09. The summed E-state index contributed by atoms with van der Waals surface area (Å²) in [5.41, 5.74) is 6.63. The fourth-order valence-electron chi connectivity index (χ4n) is 1.15. The molecular formula is C11H12BrNO2. The van der Waals surface area contributed by atoms with E-state index >= 15 is 0 Å². The number of aliphatic hydroxyl groups excluding tert-OH is 1. The fourth-order valence-corrected chi connectivity index (χ4v) is 1.42. The van der Waals surface area contributed by atoms with Crippen molar-refractivity contribution in [3.63, 3.8) is 0 Å². The zero-order valence-electron chi connectivity index (χ0n) is 8.33. The lowest BCUT2D eigenvalue weighted by atomic mass is 10.0. The average Bonchev–Trinajstić information content (AvgIpc) is 2.19. The summed E-state index contributed by atoms with van der Waals surface area (Å²) in [6.45, 7) is 1.26. The molecule has 0 aliphatic carbocycles. The number of hydrogen-bond acceptors (Lipinski definition) is 3. The van der Waals surface area contributed by atoms with Gasteiger partial charge in [0, 0.05) is 21.3 Å². The minimum atomic E-state index is -0.336. The first-order valence-corrected chi connectivity index (χ1v) is 5.22. The van der Waals surface area contributed by atoms with Crippen molar-refractivity contribution in [2.45, 2.75) is 6.92 Å². The SMILES string of the molecule is C/C(N)=C(\CO)C(=O)c1ccc(Br)cc1. The second-order valence-corrected chi connectivity index (χ2v) is 4.07. The van der Waals surface area contributed by atoms with Crippen molar-refractivity contribution < 1.29 is 9.90 Å². The Morgan fingerprint density at radius 2 is 1.93 bits per heavy atom. The summed E-state index contributed by atoms with van der Waals surface area (Å²) in [5, 5.41) is 9.01. The summed E-state index contributed by atoms with van der Waals surface area (Å²) in [4.78, 5) is 11.8. The molecule has 0 bridgehead atoms. The summed E-state index contributed by atoms with van der Waals surface area (Å²) in [6, 6.07) is 6.91. The van der Waals surface area contributed by atoms with Gasteiger partial charge >= 0.3 is 0 Å². The van der Waals surface area contributed by atoms with E-state index in [1.165, 1.54) is 0 Å². The van der Waals surface area contributed by atoms with Crippen molar-refractivity contribution in [1.29, 1.82) is 0 Å². The van der Waals surface area contributed by atoms with E-state index in [4.69, 9.17) is 10.8 Å². The number of Topliss-reactive ketones (excluding diaryl/α,β-unsaturated/α-hetero) is 1. The lowest BCUT2D eigenvalue weighted by molar-refractivity contribution is 0.101. The lowest BCUT2D eigenvalue weighted by Gasteiger charge is -2.05. The van der Waals surface area contributed by atoms with Gasteiger partial charge in [0.05, 0.1) is 6.61 Å². The van der Waals surface area contributed by atoms with Gasteiger partial charge in [-0.05, 0) is 31.2 Å². The van der Waals surface area contributed by atoms with Crippen molar-refractivity contribution in [3.05, 3.63) is 45.6 Å². The van der Waals surface area contributed by atoms with Gasteiger partial charge < -0.3 is 10.8 Å². The van der Waals surface area contributed by atoms with Crippen LogP contribution >= 0.6 is 15.9 Å². The fraction of sp³-hybridized carbons (Fsp3) is 0.182. The topological polar surface area (TPSA) is 63.3 Å². The molecule has 0 saturated carbocycles. The standard InChI is InChI=1S/C11H12BrNO2/c1-7(13)10(6-14)11(15)8-2-4-9(12)5-3-8/h2-5,14H,6,13H2,1H3/b10-7-. The van der Waals surface area contributed by atoms with Gasteiger partial charge in [-0.2, -0.15) is 0 Å². The molecule has 80 valence electrons. The van der Waals surface area contributed by atoms with Gasteiger partial charge in [0.15, 0.2) is 5.78 Å². The van der Waals surface area contributed by atoms with E-state index in [2.05, 4.69) is 15.9 Å². The Morgan fingerprint density at radius 3 is 2.33 bits per heavy atom. The minimum absolute atomic E-state index is 0.231. The van der Waals surface area contributed by atoms with Crippen molar-refractivity contribution in [2.24, 2.45) is 5.73 Å². The first kappa shape index (κ1) is 11.9. The Kier molecular flexibility index (Phi) is 4.05. The van der Waals surface area contributed by atoms with Crippen LogP contribution in [-0.2, 0) is 0 Å². The van der Waals surface area contributed by atoms with Crippen LogP contribution in [0.5, 0.6) is 0 Å². The predicted octanol–water partition coefficient (Wildman–Crippen LogP) is 1.86. The Balaban J connectivity index is 3.04. The predicted molar refractivity (Wildman–Crippen MR) is 62.4 cm³/mol. The van der Waals surface area contributed by atoms with E-state index in [-0.39, 0.29) is 18.0 Å². The minimum Gasteiger partial charge on any atom is -0.402 e. The van der Waals surface area contributed by atoms with Crippen LogP contribution in [-0.4, -0.2) is 17.5 Å². The molecule has 0 aliphatic heterocycles. The van der Waals surface area contributed by atoms with Crippen LogP contribution in [0.1, 0.15) is 17.3 Å². The van der Waals surface area contributed by atoms with Crippen molar-refractivity contribution in [3.8, 4) is 0 Å². The normalized spacial score (nSPS) is 12.2. The van der Waals surface area contributed by atoms with Crippen LogP contribution in [0.3, 0.4) is 0 Å². The second-order valence-electron chi connectivity index (χ2n) is 3.16. The largest absolute Gasteiger partial charge is 0.402 e. The van der Waals surface area contributed by atoms with Crippen LogP contribution in [0.15, 0.2) is 40.0 Å². The van der Waals surface area contributed by atoms with Gasteiger partial charge in [-0.3, -0.25) is 4.79 Å². The summed E-state index contributed by atoms with van der Waals surface area (Å²) in [7, 11) is 0. The van der Waals surface area contributed by atoms with Crippen LogP contribution in [0.25, 0.3) is 0 Å². The molecular weight excluding hydrogens is 258 g/mol. The Hall–Kier alpha value is -1.13. The zero-order chi connectivity index (χ0) is 11.4. The van der Waals surface area contributed by atoms with Crippen LogP contribution in [0.4, 0.5) is 0 Å². The van der Waals surface area contributed by atoms with Crippen LogP contribution in [0.2, 0.25) is 0 Å². The molecule has 3 N–H and O–H groups in total. The number of rotatable bonds is 3. The summed E-state index contributed by atoms with van der Waals surface area (Å²) in [6.07, 6.45) is 0. The first-order valence-electron chi connectivity index (χ1n) is 4.42. The summed E-state index contributed by atoms with van der Waals surface area (Å²) >= 11 is 3.28. The van der Waals surface area contributed by atoms with Gasteiger partial charge in [-0.25, -0.2) is 0 Å². The molecule has 0 amide bonds. The Morgan fingerprint density at radius 1 is 1.40 bits per heavy atom. The van der Waals surface area contributed by atoms with E-state index in [9.17, 15) is 4.79 Å². The average molecular weight is 270 g/mol. The Bertz CT molecular complexity index is 392. The van der Waals surface area contributed by atoms with Gasteiger partial charge in [-0.15, -0.1) is 0 Å². The molecule has 0 unspecified atom stereocenters. The van der Waals surface area contributed by atoms with Crippen LogP contribution < -0.4 is 5.73 Å². The maximum absolute atomic E-state index is 11.8. The number of nitrogens with two attached hydrogens (primary N) is 1. The molecule has 0 saturated heterocycles. The number of allylic oxidation sites excluding steroid dienone is 1. The molecule has 0 spiro atoms. The molecule has 0 fully saturated rings. The number of hydrogen-bond donors (Lipinski definition) is 2. The van der Waals surface area contributed by atoms with E-state index < -0.39 is 0 Å². The van der Waals surface area contributed by atoms with E-state index in [1.54, 1.807) is 31.2 Å². The first-order chi connectivity index (χ1) is 7.06. The molecule has 1 aromatic carbocycles. The van der Waals surface area contributed by atoms with E-state index in [1.807, 2.05) is 0 Å². The summed E-state index contributed by atoms with van der Waals surface area (Å²) in [5.74, 6) is -0.231. The van der Waals surface area contributed by atoms with E-state index in [0.29, 0.717) is 11.3 Å². The molecule has 1 rings (SSSR count). The third kappa shape index (κ3) is 2.91. The number of carbonyl (C=O) groups excluding carboxylic acids is 1. The number of benzene rings is 1. The maximum Gasteiger partial charge on any atom is 0.193 e. The molecule has 15 heavy (non-hydrogen) atoms.